The number of ketones is 3. The average Bonchev–Trinajstić information content (AvgIpc) is 3.39. The molecule has 0 fully saturated rings. The van der Waals surface area contributed by atoms with Gasteiger partial charge < -0.3 is 13.9 Å². The first kappa shape index (κ1) is 20.6. The predicted octanol–water partition coefficient (Wildman–Crippen LogP) is 2.72. The maximum atomic E-state index is 13.1. The number of oxazole rings is 1. The summed E-state index contributed by atoms with van der Waals surface area (Å²) in [5.74, 6) is 4.52. The fraction of sp³-hybridized carbons (Fsp3) is 0.364. The van der Waals surface area contributed by atoms with Gasteiger partial charge >= 0.3 is 0 Å². The van der Waals surface area contributed by atoms with Gasteiger partial charge in [-0.25, -0.2) is 4.98 Å². The lowest BCUT2D eigenvalue weighted by Crippen LogP contribution is -2.17. The molecule has 2 aromatic rings. The van der Waals surface area contributed by atoms with Crippen LogP contribution in [0.3, 0.4) is 0 Å². The third kappa shape index (κ3) is 4.34. The van der Waals surface area contributed by atoms with Crippen LogP contribution in [0.1, 0.15) is 63.3 Å². The molecule has 0 saturated carbocycles. The second kappa shape index (κ2) is 8.95. The second-order valence-corrected chi connectivity index (χ2v) is 6.69. The maximum Gasteiger partial charge on any atom is 0.230 e. The van der Waals surface area contributed by atoms with Crippen LogP contribution in [0, 0.1) is 11.8 Å². The van der Waals surface area contributed by atoms with E-state index in [1.54, 1.807) is 19.1 Å². The highest BCUT2D eigenvalue weighted by Gasteiger charge is 2.30. The highest BCUT2D eigenvalue weighted by atomic mass is 16.7. The number of ether oxygens (including phenoxy) is 2. The van der Waals surface area contributed by atoms with Gasteiger partial charge in [0, 0.05) is 37.7 Å². The Labute approximate surface area is 168 Å². The molecule has 0 aliphatic heterocycles. The molecule has 150 valence electrons. The van der Waals surface area contributed by atoms with Crippen molar-refractivity contribution in [1.29, 1.82) is 0 Å². The molecule has 1 aromatic carbocycles. The van der Waals surface area contributed by atoms with E-state index in [-0.39, 0.29) is 29.5 Å². The fourth-order valence-electron chi connectivity index (χ4n) is 3.37. The van der Waals surface area contributed by atoms with Crippen molar-refractivity contribution in [2.24, 2.45) is 0 Å². The average molecular weight is 395 g/mol. The van der Waals surface area contributed by atoms with Crippen LogP contribution < -0.4 is 0 Å². The third-order valence-corrected chi connectivity index (χ3v) is 4.90. The molecule has 0 N–H and O–H groups in total. The van der Waals surface area contributed by atoms with Crippen molar-refractivity contribution >= 4 is 17.3 Å². The summed E-state index contributed by atoms with van der Waals surface area (Å²) >= 11 is 0. The summed E-state index contributed by atoms with van der Waals surface area (Å²) in [4.78, 5) is 41.1. The van der Waals surface area contributed by atoms with E-state index in [9.17, 15) is 14.4 Å². The third-order valence-electron chi connectivity index (χ3n) is 4.90. The smallest absolute Gasteiger partial charge is 0.230 e. The second-order valence-electron chi connectivity index (χ2n) is 6.69. The first-order chi connectivity index (χ1) is 14.0. The molecule has 29 heavy (non-hydrogen) atoms. The highest BCUT2D eigenvalue weighted by Crippen LogP contribution is 2.33. The van der Waals surface area contributed by atoms with Gasteiger partial charge in [-0.2, -0.15) is 0 Å². The van der Waals surface area contributed by atoms with Crippen molar-refractivity contribution in [3.63, 3.8) is 0 Å². The van der Waals surface area contributed by atoms with E-state index in [0.717, 1.165) is 0 Å². The molecule has 7 nitrogen and oxygen atoms in total. The van der Waals surface area contributed by atoms with Gasteiger partial charge in [-0.3, -0.25) is 14.4 Å². The van der Waals surface area contributed by atoms with Crippen LogP contribution in [0.25, 0.3) is 0 Å². The minimum Gasteiger partial charge on any atom is -0.440 e. The Kier molecular flexibility index (Phi) is 6.37. The van der Waals surface area contributed by atoms with Crippen molar-refractivity contribution in [3.05, 3.63) is 52.7 Å². The monoisotopic (exact) mass is 395 g/mol. The van der Waals surface area contributed by atoms with E-state index < -0.39 is 12.2 Å². The minimum absolute atomic E-state index is 0.00919. The first-order valence-electron chi connectivity index (χ1n) is 9.18. The van der Waals surface area contributed by atoms with Crippen molar-refractivity contribution < 1.29 is 28.3 Å². The van der Waals surface area contributed by atoms with Crippen LogP contribution in [0.5, 0.6) is 0 Å². The van der Waals surface area contributed by atoms with Crippen LogP contribution in [-0.2, 0) is 20.7 Å². The molecular weight excluding hydrogens is 374 g/mol. The highest BCUT2D eigenvalue weighted by molar-refractivity contribution is 6.12. The molecule has 1 unspecified atom stereocenters. The van der Waals surface area contributed by atoms with Crippen molar-refractivity contribution in [3.8, 4) is 11.8 Å². The van der Waals surface area contributed by atoms with Gasteiger partial charge in [0.25, 0.3) is 0 Å². The van der Waals surface area contributed by atoms with E-state index >= 15 is 0 Å². The lowest BCUT2D eigenvalue weighted by Gasteiger charge is -2.15. The molecule has 7 heteroatoms. The van der Waals surface area contributed by atoms with Gasteiger partial charge in [0.1, 0.15) is 0 Å². The summed E-state index contributed by atoms with van der Waals surface area (Å²) in [6.45, 7) is 1.81. The van der Waals surface area contributed by atoms with Gasteiger partial charge in [-0.15, -0.1) is 0 Å². The number of carbonyl (C=O) groups excluding carboxylic acids is 3. The number of aromatic nitrogens is 1. The summed E-state index contributed by atoms with van der Waals surface area (Å²) in [7, 11) is 2.90. The minimum atomic E-state index is -0.651. The van der Waals surface area contributed by atoms with Gasteiger partial charge in [-0.05, 0) is 30.4 Å². The summed E-state index contributed by atoms with van der Waals surface area (Å²) in [5.41, 5.74) is 2.31. The van der Waals surface area contributed by atoms with E-state index in [0.29, 0.717) is 35.1 Å². The Hall–Kier alpha value is -3.08. The number of hydrogen-bond acceptors (Lipinski definition) is 7. The van der Waals surface area contributed by atoms with Crippen molar-refractivity contribution in [2.75, 3.05) is 14.2 Å². The first-order valence-corrected chi connectivity index (χ1v) is 9.18. The molecule has 1 atom stereocenters. The Bertz CT molecular complexity index is 992. The molecular formula is C22H21NO6. The zero-order valence-corrected chi connectivity index (χ0v) is 16.5. The van der Waals surface area contributed by atoms with Gasteiger partial charge in [0.15, 0.2) is 24.2 Å². The zero-order valence-electron chi connectivity index (χ0n) is 16.5. The molecule has 1 aliphatic carbocycles. The van der Waals surface area contributed by atoms with Gasteiger partial charge in [0.05, 0.1) is 12.6 Å². The fourth-order valence-corrected chi connectivity index (χ4v) is 3.37. The summed E-state index contributed by atoms with van der Waals surface area (Å²) in [6.07, 6.45) is 2.74. The Morgan fingerprint density at radius 2 is 2.00 bits per heavy atom. The largest absolute Gasteiger partial charge is 0.440 e. The summed E-state index contributed by atoms with van der Waals surface area (Å²) in [5, 5.41) is 0. The van der Waals surface area contributed by atoms with E-state index in [2.05, 4.69) is 16.8 Å². The van der Waals surface area contributed by atoms with Crippen LogP contribution in [-0.4, -0.2) is 42.8 Å². The van der Waals surface area contributed by atoms with Gasteiger partial charge in [-0.1, -0.05) is 18.1 Å². The molecule has 0 amide bonds. The lowest BCUT2D eigenvalue weighted by atomic mass is 9.87. The topological polar surface area (TPSA) is 95.7 Å². The molecule has 0 radical (unpaired) electrons. The van der Waals surface area contributed by atoms with Gasteiger partial charge in [0.2, 0.25) is 11.6 Å². The Morgan fingerprint density at radius 3 is 2.66 bits per heavy atom. The van der Waals surface area contributed by atoms with Crippen LogP contribution in [0.2, 0.25) is 0 Å². The maximum absolute atomic E-state index is 13.1. The van der Waals surface area contributed by atoms with Crippen LogP contribution in [0.4, 0.5) is 0 Å². The van der Waals surface area contributed by atoms with Crippen molar-refractivity contribution in [1.82, 2.24) is 4.98 Å². The number of rotatable bonds is 7. The Balaban J connectivity index is 1.95. The molecule has 1 aliphatic rings. The standard InChI is InChI=1S/C22H21NO6/c1-13(4-5-14(24)10-20(27-2)28-3)15-6-7-16-17(8-9-18(16)25)21(15)22(26)19-11-23-12-29-19/h6-7,11-13,20H,8-10H2,1-3H3. The predicted molar refractivity (Wildman–Crippen MR) is 103 cm³/mol. The number of methoxy groups -OCH3 is 2. The van der Waals surface area contributed by atoms with E-state index in [1.807, 2.05) is 0 Å². The number of fused-ring (bicyclic) bond motifs is 1. The molecule has 1 heterocycles. The quantitative estimate of drug-likeness (QED) is 0.308. The molecule has 1 aromatic heterocycles. The van der Waals surface area contributed by atoms with E-state index in [4.69, 9.17) is 13.9 Å². The van der Waals surface area contributed by atoms with Crippen LogP contribution >= 0.6 is 0 Å². The SMILES string of the molecule is COC(CC(=O)C#CC(C)c1ccc2c(c1C(=O)c1cnco1)CCC2=O)OC. The normalized spacial score (nSPS) is 13.7. The zero-order chi connectivity index (χ0) is 21.0. The number of carbonyl (C=O) groups is 3. The number of Topliss-reactive ketones (excluding diaryl/α,β-unsaturated/α-hetero) is 2. The number of nitrogens with zero attached hydrogens (tertiary/aromatic N) is 1. The molecule has 0 spiro atoms. The molecule has 0 saturated heterocycles. The summed E-state index contributed by atoms with van der Waals surface area (Å²) in [6, 6.07) is 3.45. The summed E-state index contributed by atoms with van der Waals surface area (Å²) < 4.78 is 15.2. The number of benzene rings is 1. The molecule has 0 bridgehead atoms. The number of hydrogen-bond donors (Lipinski definition) is 0. The van der Waals surface area contributed by atoms with Crippen LogP contribution in [0.15, 0.2) is 29.1 Å². The van der Waals surface area contributed by atoms with Crippen molar-refractivity contribution in [2.45, 2.75) is 38.4 Å². The molecule has 3 rings (SSSR count). The lowest BCUT2D eigenvalue weighted by molar-refractivity contribution is -0.132. The van der Waals surface area contributed by atoms with E-state index in [1.165, 1.54) is 26.8 Å². The Morgan fingerprint density at radius 1 is 1.24 bits per heavy atom.